The summed E-state index contributed by atoms with van der Waals surface area (Å²) >= 11 is 0. The Kier molecular flexibility index (Phi) is 4.73. The minimum atomic E-state index is -3.90. The van der Waals surface area contributed by atoms with Crippen molar-refractivity contribution in [1.82, 2.24) is 4.72 Å². The van der Waals surface area contributed by atoms with Crippen LogP contribution >= 0.6 is 0 Å². The van der Waals surface area contributed by atoms with Gasteiger partial charge in [0, 0.05) is 12.1 Å². The summed E-state index contributed by atoms with van der Waals surface area (Å²) in [5, 5.41) is 11.1. The molecule has 8 heteroatoms. The highest BCUT2D eigenvalue weighted by molar-refractivity contribution is 7.89. The first-order chi connectivity index (χ1) is 11.9. The van der Waals surface area contributed by atoms with Crippen LogP contribution in [0, 0.1) is 16.0 Å². The van der Waals surface area contributed by atoms with Crippen molar-refractivity contribution in [2.75, 3.05) is 7.11 Å². The normalized spacial score (nSPS) is 15.6. The molecule has 0 amide bonds. The zero-order valence-corrected chi connectivity index (χ0v) is 14.4. The number of nitrogens with one attached hydrogen (secondary N) is 1. The Balaban J connectivity index is 1.93. The van der Waals surface area contributed by atoms with E-state index in [9.17, 15) is 18.5 Å². The predicted octanol–water partition coefficient (Wildman–Crippen LogP) is 3.03. The summed E-state index contributed by atoms with van der Waals surface area (Å²) in [5.41, 5.74) is 0.504. The van der Waals surface area contributed by atoms with Crippen LogP contribution < -0.4 is 9.46 Å². The van der Waals surface area contributed by atoms with Gasteiger partial charge in [-0.15, -0.1) is 0 Å². The van der Waals surface area contributed by atoms with E-state index in [0.29, 0.717) is 0 Å². The van der Waals surface area contributed by atoms with Gasteiger partial charge in [0.15, 0.2) is 5.75 Å². The monoisotopic (exact) mass is 362 g/mol. The zero-order chi connectivity index (χ0) is 18.0. The summed E-state index contributed by atoms with van der Waals surface area (Å²) in [5.74, 6) is 0.260. The molecule has 1 aliphatic carbocycles. The van der Waals surface area contributed by atoms with Crippen LogP contribution in [0.1, 0.15) is 24.4 Å². The van der Waals surface area contributed by atoms with Crippen LogP contribution in [0.3, 0.4) is 0 Å². The summed E-state index contributed by atoms with van der Waals surface area (Å²) in [6.45, 7) is 0. The molecular formula is C17H18N2O5S. The third-order valence-corrected chi connectivity index (χ3v) is 5.63. The molecule has 0 saturated heterocycles. The second-order valence-corrected chi connectivity index (χ2v) is 7.65. The van der Waals surface area contributed by atoms with Crippen molar-refractivity contribution in [3.05, 3.63) is 64.2 Å². The van der Waals surface area contributed by atoms with Crippen LogP contribution in [0.4, 0.5) is 5.69 Å². The topological polar surface area (TPSA) is 98.5 Å². The lowest BCUT2D eigenvalue weighted by molar-refractivity contribution is -0.386. The molecule has 2 aromatic rings. The molecule has 1 saturated carbocycles. The standard InChI is InChI=1S/C17H18N2O5S/c1-24-16-10-9-14(11-15(16)19(20)21)25(22,23)18-17(13-7-8-13)12-5-3-2-4-6-12/h2-6,9-11,13,17-18H,7-8H2,1H3. The number of benzene rings is 2. The van der Waals surface area contributed by atoms with Gasteiger partial charge in [-0.05, 0) is 36.5 Å². The molecule has 0 radical (unpaired) electrons. The van der Waals surface area contributed by atoms with E-state index in [1.807, 2.05) is 30.3 Å². The van der Waals surface area contributed by atoms with Gasteiger partial charge in [-0.1, -0.05) is 30.3 Å². The highest BCUT2D eigenvalue weighted by atomic mass is 32.2. The Hall–Kier alpha value is -2.45. The van der Waals surface area contributed by atoms with E-state index in [1.165, 1.54) is 19.2 Å². The average Bonchev–Trinajstić information content (AvgIpc) is 3.44. The van der Waals surface area contributed by atoms with Crippen molar-refractivity contribution in [1.29, 1.82) is 0 Å². The van der Waals surface area contributed by atoms with Crippen LogP contribution in [0.15, 0.2) is 53.4 Å². The molecule has 0 spiro atoms. The number of hydrogen-bond donors (Lipinski definition) is 1. The van der Waals surface area contributed by atoms with Gasteiger partial charge in [0.25, 0.3) is 0 Å². The first kappa shape index (κ1) is 17.4. The third-order valence-electron chi connectivity index (χ3n) is 4.19. The zero-order valence-electron chi connectivity index (χ0n) is 13.6. The van der Waals surface area contributed by atoms with Gasteiger partial charge in [0.2, 0.25) is 10.0 Å². The molecule has 1 fully saturated rings. The number of nitrogens with zero attached hydrogens (tertiary/aromatic N) is 1. The minimum absolute atomic E-state index is 0.0192. The molecule has 0 bridgehead atoms. The van der Waals surface area contributed by atoms with Gasteiger partial charge >= 0.3 is 5.69 Å². The van der Waals surface area contributed by atoms with Gasteiger partial charge in [-0.25, -0.2) is 13.1 Å². The van der Waals surface area contributed by atoms with E-state index >= 15 is 0 Å². The van der Waals surface area contributed by atoms with Crippen LogP contribution in [0.25, 0.3) is 0 Å². The van der Waals surface area contributed by atoms with Crippen molar-refractivity contribution in [3.63, 3.8) is 0 Å². The molecule has 0 heterocycles. The van der Waals surface area contributed by atoms with Crippen LogP contribution in [-0.4, -0.2) is 20.5 Å². The lowest BCUT2D eigenvalue weighted by Crippen LogP contribution is -2.30. The number of hydrogen-bond acceptors (Lipinski definition) is 5. The summed E-state index contributed by atoms with van der Waals surface area (Å²) in [7, 11) is -2.60. The van der Waals surface area contributed by atoms with E-state index < -0.39 is 14.9 Å². The van der Waals surface area contributed by atoms with Crippen molar-refractivity contribution in [2.24, 2.45) is 5.92 Å². The fourth-order valence-electron chi connectivity index (χ4n) is 2.74. The van der Waals surface area contributed by atoms with E-state index in [4.69, 9.17) is 4.74 Å². The molecule has 1 atom stereocenters. The molecule has 7 nitrogen and oxygen atoms in total. The smallest absolute Gasteiger partial charge is 0.312 e. The van der Waals surface area contributed by atoms with Crippen LogP contribution in [0.2, 0.25) is 0 Å². The van der Waals surface area contributed by atoms with Crippen molar-refractivity contribution < 1.29 is 18.1 Å². The third kappa shape index (κ3) is 3.80. The highest BCUT2D eigenvalue weighted by Crippen LogP contribution is 2.42. The largest absolute Gasteiger partial charge is 0.490 e. The molecule has 2 aromatic carbocycles. The van der Waals surface area contributed by atoms with E-state index in [-0.39, 0.29) is 28.3 Å². The van der Waals surface area contributed by atoms with Crippen LogP contribution in [0.5, 0.6) is 5.75 Å². The molecule has 3 rings (SSSR count). The van der Waals surface area contributed by atoms with Crippen molar-refractivity contribution in [3.8, 4) is 5.75 Å². The fraction of sp³-hybridized carbons (Fsp3) is 0.294. The van der Waals surface area contributed by atoms with Crippen molar-refractivity contribution in [2.45, 2.75) is 23.8 Å². The Labute approximate surface area is 145 Å². The summed E-state index contributed by atoms with van der Waals surface area (Å²) in [6, 6.07) is 12.6. The fourth-order valence-corrected chi connectivity index (χ4v) is 4.05. The molecular weight excluding hydrogens is 344 g/mol. The van der Waals surface area contributed by atoms with Gasteiger partial charge in [0.1, 0.15) is 0 Å². The van der Waals surface area contributed by atoms with E-state index in [1.54, 1.807) is 0 Å². The number of nitro benzene ring substituents is 1. The molecule has 1 N–H and O–H groups in total. The molecule has 0 aliphatic heterocycles. The van der Waals surface area contributed by atoms with Gasteiger partial charge in [0.05, 0.1) is 16.9 Å². The molecule has 1 aliphatic rings. The maximum Gasteiger partial charge on any atom is 0.312 e. The maximum absolute atomic E-state index is 12.7. The number of methoxy groups -OCH3 is 1. The molecule has 0 aromatic heterocycles. The maximum atomic E-state index is 12.7. The molecule has 132 valence electrons. The average molecular weight is 362 g/mol. The number of rotatable bonds is 7. The first-order valence-corrected chi connectivity index (χ1v) is 9.30. The number of ether oxygens (including phenoxy) is 1. The van der Waals surface area contributed by atoms with Gasteiger partial charge in [-0.2, -0.15) is 0 Å². The SMILES string of the molecule is COc1ccc(S(=O)(=O)NC(c2ccccc2)C2CC2)cc1[N+](=O)[O-]. The second-order valence-electron chi connectivity index (χ2n) is 5.94. The number of sulfonamides is 1. The van der Waals surface area contributed by atoms with Crippen molar-refractivity contribution >= 4 is 15.7 Å². The Morgan fingerprint density at radius 3 is 2.44 bits per heavy atom. The predicted molar refractivity (Wildman–Crippen MR) is 91.9 cm³/mol. The summed E-state index contributed by atoms with van der Waals surface area (Å²) in [6.07, 6.45) is 1.90. The Morgan fingerprint density at radius 1 is 1.20 bits per heavy atom. The molecule has 25 heavy (non-hydrogen) atoms. The van der Waals surface area contributed by atoms with Gasteiger partial charge < -0.3 is 4.74 Å². The van der Waals surface area contributed by atoms with Gasteiger partial charge in [-0.3, -0.25) is 10.1 Å². The number of nitro groups is 1. The Morgan fingerprint density at radius 2 is 1.88 bits per heavy atom. The van der Waals surface area contributed by atoms with E-state index in [2.05, 4.69) is 4.72 Å². The van der Waals surface area contributed by atoms with Crippen LogP contribution in [-0.2, 0) is 10.0 Å². The first-order valence-electron chi connectivity index (χ1n) is 7.82. The summed E-state index contributed by atoms with van der Waals surface area (Å²) < 4.78 is 33.1. The highest BCUT2D eigenvalue weighted by Gasteiger charge is 2.35. The second kappa shape index (κ2) is 6.81. The summed E-state index contributed by atoms with van der Waals surface area (Å²) in [4.78, 5) is 10.3. The quantitative estimate of drug-likeness (QED) is 0.603. The lowest BCUT2D eigenvalue weighted by Gasteiger charge is -2.19. The Bertz CT molecular complexity index is 879. The lowest BCUT2D eigenvalue weighted by atomic mass is 10.0. The van der Waals surface area contributed by atoms with E-state index in [0.717, 1.165) is 24.5 Å². The minimum Gasteiger partial charge on any atom is -0.490 e. The molecule has 1 unspecified atom stereocenters.